The minimum atomic E-state index is -2.33. The van der Waals surface area contributed by atoms with Gasteiger partial charge < -0.3 is 155 Å². The number of carbonyl (C=O) groups excluding carboxylic acids is 3. The Labute approximate surface area is 431 Å². The molecule has 3 amide bonds. The fraction of sp³-hybridized carbons (Fsp3) is 0.929. The predicted molar refractivity (Wildman–Crippen MR) is 234 cm³/mol. The summed E-state index contributed by atoms with van der Waals surface area (Å²) in [5.41, 5.74) is 0. The Morgan fingerprint density at radius 1 is 0.342 bits per heavy atom. The molecule has 20 N–H and O–H groups in total. The van der Waals surface area contributed by atoms with Crippen molar-refractivity contribution >= 4 is 17.7 Å². The molecule has 0 spiro atoms. The van der Waals surface area contributed by atoms with Crippen molar-refractivity contribution in [2.24, 2.45) is 0 Å². The molecule has 0 saturated carbocycles. The van der Waals surface area contributed by atoms with E-state index in [4.69, 9.17) is 52.1 Å². The highest BCUT2D eigenvalue weighted by Gasteiger charge is 2.58. The normalized spacial score (nSPS) is 48.2. The first-order valence-corrected chi connectivity index (χ1v) is 24.1. The fourth-order valence-corrected chi connectivity index (χ4v) is 9.58. The fourth-order valence-electron chi connectivity index (χ4n) is 9.58. The second-order valence-corrected chi connectivity index (χ2v) is 19.0. The summed E-state index contributed by atoms with van der Waals surface area (Å²) in [6, 6.07) is -4.95. The monoisotopic (exact) mass is 1110 g/mol. The summed E-state index contributed by atoms with van der Waals surface area (Å²) in [7, 11) is 0. The van der Waals surface area contributed by atoms with E-state index in [2.05, 4.69) is 16.0 Å². The molecule has 0 radical (unpaired) electrons. The lowest BCUT2D eigenvalue weighted by Gasteiger charge is -2.50. The average Bonchev–Trinajstić information content (AvgIpc) is 3.38. The molecule has 0 aliphatic carbocycles. The highest BCUT2D eigenvalue weighted by molar-refractivity contribution is 5.74. The van der Waals surface area contributed by atoms with Gasteiger partial charge in [-0.2, -0.15) is 0 Å². The number of aliphatic hydroxyl groups excluding tert-OH is 17. The second kappa shape index (κ2) is 27.2. The Kier molecular flexibility index (Phi) is 22.3. The molecule has 34 nitrogen and oxygen atoms in total. The lowest BCUT2D eigenvalue weighted by atomic mass is 9.94. The van der Waals surface area contributed by atoms with Crippen LogP contribution in [0.15, 0.2) is 0 Å². The summed E-state index contributed by atoms with van der Waals surface area (Å²) in [5.74, 6) is -2.35. The second-order valence-electron chi connectivity index (χ2n) is 19.0. The molecule has 6 saturated heterocycles. The minimum Gasteiger partial charge on any atom is -0.394 e. The van der Waals surface area contributed by atoms with Crippen LogP contribution in [-0.4, -0.2) is 328 Å². The molecule has 6 heterocycles. The smallest absolute Gasteiger partial charge is 0.217 e. The molecule has 34 heteroatoms. The van der Waals surface area contributed by atoms with Gasteiger partial charge in [0.15, 0.2) is 37.7 Å². The zero-order valence-electron chi connectivity index (χ0n) is 40.9. The number of nitrogens with one attached hydrogen (secondary N) is 3. The van der Waals surface area contributed by atoms with E-state index in [1.807, 2.05) is 0 Å². The number of rotatable bonds is 19. The summed E-state index contributed by atoms with van der Waals surface area (Å²) in [6.07, 6.45) is -52.5. The Bertz CT molecular complexity index is 1870. The Balaban J connectivity index is 1.35. The van der Waals surface area contributed by atoms with E-state index < -0.39 is 241 Å². The van der Waals surface area contributed by atoms with E-state index in [0.29, 0.717) is 0 Å². The molecular formula is C42H71N3O31. The lowest BCUT2D eigenvalue weighted by Crippen LogP contribution is -2.69. The van der Waals surface area contributed by atoms with Crippen LogP contribution in [0.4, 0.5) is 0 Å². The first-order valence-electron chi connectivity index (χ1n) is 24.1. The van der Waals surface area contributed by atoms with Crippen LogP contribution >= 0.6 is 0 Å². The largest absolute Gasteiger partial charge is 0.394 e. The van der Waals surface area contributed by atoms with E-state index in [1.54, 1.807) is 0 Å². The molecule has 30 atom stereocenters. The average molecular weight is 1110 g/mol. The third-order valence-corrected chi connectivity index (χ3v) is 13.6. The number of amides is 3. The van der Waals surface area contributed by atoms with Gasteiger partial charge in [-0.1, -0.05) is 0 Å². The van der Waals surface area contributed by atoms with Crippen LogP contribution in [0.5, 0.6) is 0 Å². The first-order chi connectivity index (χ1) is 35.9. The molecule has 6 aliphatic rings. The van der Waals surface area contributed by atoms with Gasteiger partial charge in [0.05, 0.1) is 39.6 Å². The summed E-state index contributed by atoms with van der Waals surface area (Å²) in [4.78, 5) is 36.5. The van der Waals surface area contributed by atoms with E-state index in [-0.39, 0.29) is 0 Å². The number of ether oxygens (including phenoxy) is 11. The van der Waals surface area contributed by atoms with Gasteiger partial charge in [0, 0.05) is 20.8 Å². The van der Waals surface area contributed by atoms with Crippen LogP contribution in [0.3, 0.4) is 0 Å². The predicted octanol–water partition coefficient (Wildman–Crippen LogP) is -13.7. The third-order valence-electron chi connectivity index (χ3n) is 13.6. The highest BCUT2D eigenvalue weighted by atomic mass is 16.8. The zero-order valence-corrected chi connectivity index (χ0v) is 40.9. The van der Waals surface area contributed by atoms with Gasteiger partial charge in [-0.25, -0.2) is 0 Å². The van der Waals surface area contributed by atoms with Crippen molar-refractivity contribution in [2.45, 2.75) is 205 Å². The summed E-state index contributed by atoms with van der Waals surface area (Å²) < 4.78 is 64.0. The highest BCUT2D eigenvalue weighted by Crippen LogP contribution is 2.36. The van der Waals surface area contributed by atoms with E-state index in [1.165, 1.54) is 0 Å². The topological polar surface area (TPSA) is 533 Å². The van der Waals surface area contributed by atoms with Crippen LogP contribution in [-0.2, 0) is 66.5 Å². The number of hydrogen-bond acceptors (Lipinski definition) is 31. The van der Waals surface area contributed by atoms with E-state index in [0.717, 1.165) is 20.8 Å². The summed E-state index contributed by atoms with van der Waals surface area (Å²) >= 11 is 0. The third kappa shape index (κ3) is 13.7. The Morgan fingerprint density at radius 2 is 0.697 bits per heavy atom. The molecule has 76 heavy (non-hydrogen) atoms. The zero-order chi connectivity index (χ0) is 56.2. The van der Waals surface area contributed by atoms with Gasteiger partial charge in [0.1, 0.15) is 146 Å². The molecule has 0 bridgehead atoms. The van der Waals surface area contributed by atoms with Gasteiger partial charge >= 0.3 is 0 Å². The van der Waals surface area contributed by atoms with Crippen LogP contribution in [0.1, 0.15) is 20.8 Å². The molecule has 6 aliphatic heterocycles. The van der Waals surface area contributed by atoms with E-state index >= 15 is 0 Å². The molecule has 0 aromatic rings. The number of carbonyl (C=O) groups is 3. The number of hydrogen-bond donors (Lipinski definition) is 20. The Morgan fingerprint density at radius 3 is 1.13 bits per heavy atom. The van der Waals surface area contributed by atoms with Crippen molar-refractivity contribution in [2.75, 3.05) is 39.6 Å². The van der Waals surface area contributed by atoms with Crippen LogP contribution in [0.25, 0.3) is 0 Å². The maximum Gasteiger partial charge on any atom is 0.217 e. The minimum absolute atomic E-state index is 0.774. The van der Waals surface area contributed by atoms with E-state index in [9.17, 15) is 101 Å². The van der Waals surface area contributed by atoms with Crippen molar-refractivity contribution in [3.8, 4) is 0 Å². The molecule has 0 aromatic heterocycles. The molecule has 6 rings (SSSR count). The maximum absolute atomic E-state index is 12.2. The summed E-state index contributed by atoms with van der Waals surface area (Å²) in [5, 5.41) is 191. The van der Waals surface area contributed by atoms with Gasteiger partial charge in [-0.15, -0.1) is 0 Å². The van der Waals surface area contributed by atoms with Crippen molar-refractivity contribution in [3.05, 3.63) is 0 Å². The summed E-state index contributed by atoms with van der Waals surface area (Å²) in [6.45, 7) is -2.74. The lowest BCUT2D eigenvalue weighted by molar-refractivity contribution is -0.394. The standard InChI is InChI=1S/C42H71N3O31/c1-10(51)43-19-29(61)33(17(8-50)67-37(19)65)73-40-32(64)34(74-42-36(31(63)25(57)16(7-49)71-42)76-39-21(45-12(3)53)28(60)23(55)14(5-47)69-39)26(58)18(72-40)9-66-41-35(30(62)24(56)15(6-48)70-41)75-38-20(44-11(2)52)27(59)22(54)13(4-46)68-38/h13-42,46-50,54-65H,4-9H2,1-3H3,(H,43,51)(H,44,52)(H,45,53)/t13-,14-,15-,16-,17-,18-,19-,20-,21+,22-,23-,24-,25-,26-,27-,28-,29-,30+,31+,32+,33-,34+,35+,36+,37-,38+,39+,40-,41+,42-/m1/s1. The van der Waals surface area contributed by atoms with Crippen molar-refractivity contribution in [3.63, 3.8) is 0 Å². The van der Waals surface area contributed by atoms with Crippen LogP contribution in [0.2, 0.25) is 0 Å². The first kappa shape index (κ1) is 62.5. The molecule has 0 unspecified atom stereocenters. The van der Waals surface area contributed by atoms with Gasteiger partial charge in [0.2, 0.25) is 17.7 Å². The maximum atomic E-state index is 12.2. The van der Waals surface area contributed by atoms with Crippen molar-refractivity contribution in [1.82, 2.24) is 16.0 Å². The van der Waals surface area contributed by atoms with Gasteiger partial charge in [0.25, 0.3) is 0 Å². The van der Waals surface area contributed by atoms with Gasteiger partial charge in [-0.05, 0) is 0 Å². The number of aliphatic hydroxyl groups is 17. The SMILES string of the molecule is CC(=O)N[C@@H]1[C@H](O[C@@H]2[C@@H](O[C@@H]3[C@H](O)[C@@H](O[C@H]4[C@H](O)[C@@H](NC(C)=O)[C@H](O)O[C@@H]4CO)O[C@H](CO[C@H]4O[C@H](CO)[C@@H](O)[C@H](O)[C@@H]4O[C@@H]4O[C@H](CO)[C@@H](O)[C@H](O)[C@H]4NC(C)=O)[C@H]3O)O[C@H](CO)[C@@H](O)[C@@H]2O)O[C@H](CO)[C@@H](O)[C@@H]1O. The van der Waals surface area contributed by atoms with Crippen LogP contribution < -0.4 is 16.0 Å². The Hall–Kier alpha value is -2.71. The van der Waals surface area contributed by atoms with Gasteiger partial charge in [-0.3, -0.25) is 14.4 Å². The molecule has 0 aromatic carbocycles. The van der Waals surface area contributed by atoms with Crippen molar-refractivity contribution < 1.29 is 153 Å². The molecule has 440 valence electrons. The van der Waals surface area contributed by atoms with Crippen LogP contribution in [0, 0.1) is 0 Å². The van der Waals surface area contributed by atoms with Crippen molar-refractivity contribution in [1.29, 1.82) is 0 Å². The molecular weight excluding hydrogens is 1040 g/mol. The quantitative estimate of drug-likeness (QED) is 0.0571. The molecule has 6 fully saturated rings.